The van der Waals surface area contributed by atoms with E-state index in [2.05, 4.69) is 78.8 Å². The van der Waals surface area contributed by atoms with Crippen molar-refractivity contribution in [3.05, 3.63) is 119 Å². The third kappa shape index (κ3) is 22.7. The minimum Gasteiger partial charge on any atom is -0.508 e. The zero-order chi connectivity index (χ0) is 65.8. The molecule has 2 aromatic heterocycles. The number of para-hydroxylation sites is 1. The number of carbonyl (C=O) groups is 12. The van der Waals surface area contributed by atoms with Crippen molar-refractivity contribution >= 4 is 81.8 Å². The lowest BCUT2D eigenvalue weighted by Crippen LogP contribution is -2.57. The highest BCUT2D eigenvalue weighted by Gasteiger charge is 2.31. The monoisotopic (exact) mass is 1260 g/mol. The molecule has 6 atom stereocenters. The van der Waals surface area contributed by atoms with E-state index in [1.807, 2.05) is 19.9 Å². The Balaban J connectivity index is 1.30. The van der Waals surface area contributed by atoms with Crippen molar-refractivity contribution < 1.29 is 62.6 Å². The molecule has 0 saturated heterocycles. The molecule has 17 N–H and O–H groups in total. The molecule has 5 aromatic rings. The number of aromatic amines is 2. The Kier molecular flexibility index (Phi) is 27.4. The van der Waals surface area contributed by atoms with Gasteiger partial charge < -0.3 is 84.6 Å². The summed E-state index contributed by atoms with van der Waals surface area (Å²) in [4.78, 5) is 176. The molecule has 1 aliphatic heterocycles. The fourth-order valence-corrected chi connectivity index (χ4v) is 9.66. The Morgan fingerprint density at radius 2 is 1.14 bits per heavy atom. The summed E-state index contributed by atoms with van der Waals surface area (Å²) in [5.41, 5.74) is 7.66. The quantitative estimate of drug-likeness (QED) is 0.0493. The molecule has 0 aliphatic carbocycles. The second-order valence-corrected chi connectivity index (χ2v) is 22.0. The number of benzene rings is 3. The van der Waals surface area contributed by atoms with Gasteiger partial charge in [-0.15, -0.1) is 0 Å². The summed E-state index contributed by atoms with van der Waals surface area (Å²) in [6, 6.07) is 9.41. The lowest BCUT2D eigenvalue weighted by atomic mass is 10.0. The molecule has 488 valence electrons. The molecule has 29 heteroatoms. The maximum Gasteiger partial charge on any atom is 0.251 e. The standard InChI is InChI=1S/C62H82N16O13/c1-4-6-13-47-61(90)77-48(22-37-16-18-43(79)19-17-37)58(87)70-31-51(80)68-34-54(83)75-49(26-41-29-66-45-14-9-8-12-44(41)45)59(88)71-32-52(81)67-33-53(82)74-46(15-10-11-20-63)60(89)78-50(27-42-30-64-35-72-42)62(91)73-36(3)28-69-56(85)39-23-38(55(84)65-21-7-5-2)24-40(25-39)57(86)76-47/h8-9,12,14,16-19,23-25,29-30,35-36,46-50,66,79H,4-7,10-11,13,15,20-22,26-28,31-34,63H2,1-3H3,(H,64,72)(H,65,84)(H,67,81)(H,68,80)(H,69,85)(H,70,87)(H,71,88)(H,73,91)(H,74,82)(H,75,83)(H,76,86)(H,77,90)(H,78,89)/t36?,46-,47+,48+,49+,50+/m1/s1. The molecular weight excluding hydrogens is 1180 g/mol. The number of fused-ring (bicyclic) bond motifs is 3. The van der Waals surface area contributed by atoms with Crippen LogP contribution in [-0.2, 0) is 62.4 Å². The third-order valence-corrected chi connectivity index (χ3v) is 14.7. The number of hydrogen-bond acceptors (Lipinski definition) is 15. The number of imidazole rings is 1. The third-order valence-electron chi connectivity index (χ3n) is 14.7. The second kappa shape index (κ2) is 35.7. The summed E-state index contributed by atoms with van der Waals surface area (Å²) in [6.07, 6.45) is 7.50. The first-order valence-electron chi connectivity index (χ1n) is 30.3. The average molecular weight is 1260 g/mol. The van der Waals surface area contributed by atoms with Crippen LogP contribution in [0.2, 0.25) is 0 Å². The molecule has 2 bridgehead atoms. The van der Waals surface area contributed by atoms with E-state index in [4.69, 9.17) is 5.73 Å². The fraction of sp³-hybridized carbons (Fsp3) is 0.435. The molecule has 91 heavy (non-hydrogen) atoms. The van der Waals surface area contributed by atoms with Crippen molar-refractivity contribution in [2.45, 2.75) is 128 Å². The number of amides is 12. The molecule has 0 saturated carbocycles. The Bertz CT molecular complexity index is 3350. The number of rotatable bonds is 17. The number of H-pyrrole nitrogens is 2. The van der Waals surface area contributed by atoms with Gasteiger partial charge in [0.25, 0.3) is 17.7 Å². The van der Waals surface area contributed by atoms with Crippen molar-refractivity contribution in [2.24, 2.45) is 5.73 Å². The molecule has 6 rings (SSSR count). The Hall–Kier alpha value is -10.2. The normalized spacial score (nSPS) is 20.4. The number of aromatic nitrogens is 3. The maximum atomic E-state index is 14.4. The lowest BCUT2D eigenvalue weighted by Gasteiger charge is -2.25. The minimum atomic E-state index is -1.39. The van der Waals surface area contributed by atoms with Crippen LogP contribution in [0.3, 0.4) is 0 Å². The van der Waals surface area contributed by atoms with Crippen LogP contribution >= 0.6 is 0 Å². The van der Waals surface area contributed by atoms with Gasteiger partial charge in [0.1, 0.15) is 36.0 Å². The molecule has 3 heterocycles. The van der Waals surface area contributed by atoms with Crippen LogP contribution in [0.4, 0.5) is 0 Å². The Morgan fingerprint density at radius 3 is 1.77 bits per heavy atom. The first kappa shape index (κ1) is 69.9. The molecule has 12 amide bonds. The number of phenolic OH excluding ortho intramolecular Hbond substituents is 1. The van der Waals surface area contributed by atoms with Crippen molar-refractivity contribution in [3.63, 3.8) is 0 Å². The van der Waals surface area contributed by atoms with E-state index < -0.39 is 133 Å². The van der Waals surface area contributed by atoms with E-state index in [-0.39, 0.29) is 74.2 Å². The average Bonchev–Trinajstić information content (AvgIpc) is 2.04. The van der Waals surface area contributed by atoms with Gasteiger partial charge in [-0.05, 0) is 93.1 Å². The topological polar surface area (TPSA) is 440 Å². The zero-order valence-corrected chi connectivity index (χ0v) is 51.1. The van der Waals surface area contributed by atoms with Crippen LogP contribution in [0, 0.1) is 0 Å². The van der Waals surface area contributed by atoms with E-state index in [0.29, 0.717) is 48.9 Å². The lowest BCUT2D eigenvalue weighted by molar-refractivity contribution is -0.133. The van der Waals surface area contributed by atoms with Crippen LogP contribution in [0.25, 0.3) is 10.9 Å². The van der Waals surface area contributed by atoms with E-state index in [0.717, 1.165) is 17.3 Å². The van der Waals surface area contributed by atoms with Crippen molar-refractivity contribution in [3.8, 4) is 5.75 Å². The highest BCUT2D eigenvalue weighted by atomic mass is 16.3. The van der Waals surface area contributed by atoms with Gasteiger partial charge in [-0.2, -0.15) is 0 Å². The molecule has 3 aromatic carbocycles. The van der Waals surface area contributed by atoms with Crippen molar-refractivity contribution in [1.29, 1.82) is 0 Å². The van der Waals surface area contributed by atoms with Gasteiger partial charge in [-0.25, -0.2) is 4.98 Å². The van der Waals surface area contributed by atoms with Gasteiger partial charge in [-0.3, -0.25) is 57.5 Å². The number of aromatic hydroxyl groups is 1. The van der Waals surface area contributed by atoms with Gasteiger partial charge in [-0.1, -0.05) is 63.4 Å². The number of nitrogens with one attached hydrogen (secondary N) is 14. The van der Waals surface area contributed by atoms with Gasteiger partial charge >= 0.3 is 0 Å². The summed E-state index contributed by atoms with van der Waals surface area (Å²) in [5, 5.41) is 42.0. The number of nitrogens with zero attached hydrogens (tertiary/aromatic N) is 1. The van der Waals surface area contributed by atoms with Crippen molar-refractivity contribution in [2.75, 3.05) is 45.8 Å². The van der Waals surface area contributed by atoms with Gasteiger partial charge in [0.05, 0.1) is 32.5 Å². The van der Waals surface area contributed by atoms with Crippen LogP contribution in [0.1, 0.15) is 120 Å². The first-order valence-corrected chi connectivity index (χ1v) is 30.3. The largest absolute Gasteiger partial charge is 0.508 e. The SMILES string of the molecule is CCCCNC(=O)c1cc2cc(c1)C(=O)N[C@@H](CCCC)C(=O)N[C@@H](Cc1ccc(O)cc1)C(=O)NCC(=O)NCC(=O)N[C@@H](Cc1c[nH]c3ccccc13)C(=O)NCC(=O)NCC(=O)N[C@H](CCCCN)C(=O)N[C@@H](Cc1cnc[nH]1)C(=O)NC(C)CNC2=O. The smallest absolute Gasteiger partial charge is 0.251 e. The Labute approximate surface area is 525 Å². The van der Waals surface area contributed by atoms with E-state index in [1.54, 1.807) is 31.3 Å². The van der Waals surface area contributed by atoms with Gasteiger partial charge in [0.2, 0.25) is 53.2 Å². The molecule has 0 fully saturated rings. The number of carbonyl (C=O) groups excluding carboxylic acids is 12. The second-order valence-electron chi connectivity index (χ2n) is 22.0. The maximum absolute atomic E-state index is 14.4. The predicted molar refractivity (Wildman–Crippen MR) is 333 cm³/mol. The molecule has 0 spiro atoms. The van der Waals surface area contributed by atoms with E-state index in [9.17, 15) is 62.6 Å². The number of phenols is 1. The van der Waals surface area contributed by atoms with Gasteiger partial charge in [0.15, 0.2) is 0 Å². The predicted octanol–water partition coefficient (Wildman–Crippen LogP) is -1.08. The van der Waals surface area contributed by atoms with E-state index >= 15 is 0 Å². The number of unbranched alkanes of at least 4 members (excludes halogenated alkanes) is 3. The summed E-state index contributed by atoms with van der Waals surface area (Å²) in [7, 11) is 0. The highest BCUT2D eigenvalue weighted by Crippen LogP contribution is 2.20. The summed E-state index contributed by atoms with van der Waals surface area (Å²) in [6.45, 7) is 3.02. The summed E-state index contributed by atoms with van der Waals surface area (Å²) in [5.74, 6) is -9.51. The Morgan fingerprint density at radius 1 is 0.571 bits per heavy atom. The van der Waals surface area contributed by atoms with E-state index in [1.165, 1.54) is 55.0 Å². The van der Waals surface area contributed by atoms with Crippen LogP contribution in [0.5, 0.6) is 5.75 Å². The van der Waals surface area contributed by atoms with Crippen LogP contribution in [0.15, 0.2) is 85.5 Å². The van der Waals surface area contributed by atoms with Crippen LogP contribution in [-0.4, -0.2) is 173 Å². The number of hydrogen-bond donors (Lipinski definition) is 16. The minimum absolute atomic E-state index is 0.0630. The summed E-state index contributed by atoms with van der Waals surface area (Å²) < 4.78 is 0. The first-order chi connectivity index (χ1) is 43.7. The fourth-order valence-electron chi connectivity index (χ4n) is 9.66. The zero-order valence-electron chi connectivity index (χ0n) is 51.1. The molecule has 29 nitrogen and oxygen atoms in total. The molecular formula is C62H82N16O13. The molecule has 1 unspecified atom stereocenters. The van der Waals surface area contributed by atoms with Crippen LogP contribution < -0.4 is 69.5 Å². The number of nitrogens with two attached hydrogens (primary N) is 1. The van der Waals surface area contributed by atoms with Gasteiger partial charge in [0, 0.05) is 84.1 Å². The van der Waals surface area contributed by atoms with Crippen molar-refractivity contribution in [1.82, 2.24) is 78.8 Å². The molecule has 1 aliphatic rings. The summed E-state index contributed by atoms with van der Waals surface area (Å²) >= 11 is 0. The highest BCUT2D eigenvalue weighted by molar-refractivity contribution is 6.06. The molecule has 0 radical (unpaired) electrons.